The Labute approximate surface area is 117 Å². The lowest BCUT2D eigenvalue weighted by Gasteiger charge is -2.27. The number of hydrogen-bond acceptors (Lipinski definition) is 3. The van der Waals surface area contributed by atoms with Gasteiger partial charge in [0.05, 0.1) is 0 Å². The van der Waals surface area contributed by atoms with E-state index in [0.29, 0.717) is 18.3 Å². The highest BCUT2D eigenvalue weighted by atomic mass is 16.5. The van der Waals surface area contributed by atoms with Crippen LogP contribution in [-0.4, -0.2) is 38.8 Å². The second kappa shape index (κ2) is 10.2. The Morgan fingerprint density at radius 2 is 2.11 bits per heavy atom. The Bertz CT molecular complexity index is 240. The summed E-state index contributed by atoms with van der Waals surface area (Å²) in [6.45, 7) is 8.79. The van der Waals surface area contributed by atoms with Crippen LogP contribution in [0.25, 0.3) is 0 Å². The molecular weight excluding hydrogens is 240 g/mol. The summed E-state index contributed by atoms with van der Waals surface area (Å²) in [6, 6.07) is 0. The molecule has 4 nitrogen and oxygen atoms in total. The molecule has 1 fully saturated rings. The molecule has 0 aliphatic carbocycles. The van der Waals surface area contributed by atoms with Crippen molar-refractivity contribution in [2.45, 2.75) is 46.0 Å². The van der Waals surface area contributed by atoms with Gasteiger partial charge in [-0.25, -0.2) is 0 Å². The highest BCUT2D eigenvalue weighted by molar-refractivity contribution is 5.76. The molecule has 4 heteroatoms. The first-order chi connectivity index (χ1) is 9.24. The van der Waals surface area contributed by atoms with E-state index in [1.165, 1.54) is 12.8 Å². The molecule has 0 aromatic rings. The summed E-state index contributed by atoms with van der Waals surface area (Å²) in [5.74, 6) is 1.43. The van der Waals surface area contributed by atoms with E-state index in [4.69, 9.17) is 4.74 Å². The molecule has 112 valence electrons. The third-order valence-corrected chi connectivity index (χ3v) is 3.94. The van der Waals surface area contributed by atoms with Crippen molar-refractivity contribution < 1.29 is 9.53 Å². The van der Waals surface area contributed by atoms with Crippen molar-refractivity contribution in [3.05, 3.63) is 0 Å². The van der Waals surface area contributed by atoms with Crippen LogP contribution >= 0.6 is 0 Å². The van der Waals surface area contributed by atoms with Gasteiger partial charge in [0.2, 0.25) is 5.91 Å². The molecule has 0 aromatic carbocycles. The van der Waals surface area contributed by atoms with E-state index in [1.54, 1.807) is 0 Å². The zero-order valence-corrected chi connectivity index (χ0v) is 12.5. The second-order valence-electron chi connectivity index (χ2n) is 5.52. The Morgan fingerprint density at radius 1 is 1.37 bits per heavy atom. The molecule has 1 aliphatic rings. The average molecular weight is 270 g/mol. The van der Waals surface area contributed by atoms with Crippen LogP contribution in [0.1, 0.15) is 46.0 Å². The van der Waals surface area contributed by atoms with Crippen molar-refractivity contribution in [2.24, 2.45) is 11.8 Å². The van der Waals surface area contributed by atoms with E-state index < -0.39 is 0 Å². The van der Waals surface area contributed by atoms with E-state index in [9.17, 15) is 4.79 Å². The van der Waals surface area contributed by atoms with Crippen molar-refractivity contribution in [1.82, 2.24) is 10.6 Å². The van der Waals surface area contributed by atoms with Crippen LogP contribution in [0.5, 0.6) is 0 Å². The smallest absolute Gasteiger partial charge is 0.220 e. The lowest BCUT2D eigenvalue weighted by molar-refractivity contribution is -0.122. The summed E-state index contributed by atoms with van der Waals surface area (Å²) in [5, 5.41) is 6.39. The fourth-order valence-corrected chi connectivity index (χ4v) is 2.65. The minimum absolute atomic E-state index is 0.211. The monoisotopic (exact) mass is 270 g/mol. The Morgan fingerprint density at radius 3 is 2.79 bits per heavy atom. The van der Waals surface area contributed by atoms with Crippen molar-refractivity contribution in [3.63, 3.8) is 0 Å². The number of nitrogens with one attached hydrogen (secondary N) is 2. The maximum Gasteiger partial charge on any atom is 0.220 e. The largest absolute Gasteiger partial charge is 0.382 e. The summed E-state index contributed by atoms with van der Waals surface area (Å²) in [5.41, 5.74) is 0. The summed E-state index contributed by atoms with van der Waals surface area (Å²) in [6.07, 6.45) is 5.13. The molecule has 19 heavy (non-hydrogen) atoms. The van der Waals surface area contributed by atoms with Crippen LogP contribution in [0.3, 0.4) is 0 Å². The number of hydrogen-bond donors (Lipinski definition) is 2. The SMILES string of the molecule is CCOCCCCNC(=O)CC(C)C1CCNCC1. The van der Waals surface area contributed by atoms with Gasteiger partial charge in [0.25, 0.3) is 0 Å². The number of carbonyl (C=O) groups is 1. The van der Waals surface area contributed by atoms with Gasteiger partial charge in [-0.1, -0.05) is 6.92 Å². The van der Waals surface area contributed by atoms with Crippen LogP contribution in [0.15, 0.2) is 0 Å². The van der Waals surface area contributed by atoms with Gasteiger partial charge in [-0.3, -0.25) is 4.79 Å². The summed E-state index contributed by atoms with van der Waals surface area (Å²) < 4.78 is 5.27. The standard InChI is InChI=1S/C15H30N2O2/c1-3-19-11-5-4-8-17-15(18)12-13(2)14-6-9-16-10-7-14/h13-14,16H,3-12H2,1-2H3,(H,17,18). The minimum Gasteiger partial charge on any atom is -0.382 e. The number of piperidine rings is 1. The first kappa shape index (κ1) is 16.4. The fourth-order valence-electron chi connectivity index (χ4n) is 2.65. The Hall–Kier alpha value is -0.610. The van der Waals surface area contributed by atoms with E-state index in [2.05, 4.69) is 17.6 Å². The molecular formula is C15H30N2O2. The third kappa shape index (κ3) is 7.53. The van der Waals surface area contributed by atoms with Gasteiger partial charge in [0.1, 0.15) is 0 Å². The summed E-state index contributed by atoms with van der Waals surface area (Å²) in [4.78, 5) is 11.8. The van der Waals surface area contributed by atoms with Gasteiger partial charge >= 0.3 is 0 Å². The van der Waals surface area contributed by atoms with Crippen LogP contribution in [0, 0.1) is 11.8 Å². The highest BCUT2D eigenvalue weighted by Gasteiger charge is 2.21. The number of unbranched alkanes of at least 4 members (excludes halogenated alkanes) is 1. The molecule has 1 heterocycles. The number of amides is 1. The Kier molecular flexibility index (Phi) is 8.84. The topological polar surface area (TPSA) is 50.4 Å². The first-order valence-corrected chi connectivity index (χ1v) is 7.79. The maximum atomic E-state index is 11.8. The van der Waals surface area contributed by atoms with Crippen LogP contribution < -0.4 is 10.6 Å². The molecule has 1 rings (SSSR count). The summed E-state index contributed by atoms with van der Waals surface area (Å²) >= 11 is 0. The third-order valence-electron chi connectivity index (χ3n) is 3.94. The predicted molar refractivity (Wildman–Crippen MR) is 78.1 cm³/mol. The molecule has 1 atom stereocenters. The fraction of sp³-hybridized carbons (Fsp3) is 0.933. The zero-order chi connectivity index (χ0) is 13.9. The molecule has 0 radical (unpaired) electrons. The lowest BCUT2D eigenvalue weighted by Crippen LogP contribution is -2.33. The van der Waals surface area contributed by atoms with Gasteiger partial charge < -0.3 is 15.4 Å². The van der Waals surface area contributed by atoms with E-state index in [1.807, 2.05) is 6.92 Å². The number of rotatable bonds is 9. The minimum atomic E-state index is 0.211. The normalized spacial score (nSPS) is 18.2. The molecule has 0 spiro atoms. The molecule has 1 unspecified atom stereocenters. The number of carbonyl (C=O) groups excluding carboxylic acids is 1. The van der Waals surface area contributed by atoms with Gasteiger partial charge in [-0.05, 0) is 57.5 Å². The maximum absolute atomic E-state index is 11.8. The van der Waals surface area contributed by atoms with E-state index >= 15 is 0 Å². The van der Waals surface area contributed by atoms with Gasteiger partial charge in [-0.2, -0.15) is 0 Å². The molecule has 1 saturated heterocycles. The van der Waals surface area contributed by atoms with Gasteiger partial charge in [0, 0.05) is 26.2 Å². The lowest BCUT2D eigenvalue weighted by atomic mass is 9.84. The zero-order valence-electron chi connectivity index (χ0n) is 12.5. The second-order valence-corrected chi connectivity index (χ2v) is 5.52. The van der Waals surface area contributed by atoms with Crippen LogP contribution in [0.2, 0.25) is 0 Å². The number of ether oxygens (including phenoxy) is 1. The van der Waals surface area contributed by atoms with E-state index in [0.717, 1.165) is 45.7 Å². The molecule has 0 aromatic heterocycles. The Balaban J connectivity index is 2.02. The van der Waals surface area contributed by atoms with Crippen LogP contribution in [0.4, 0.5) is 0 Å². The summed E-state index contributed by atoms with van der Waals surface area (Å²) in [7, 11) is 0. The van der Waals surface area contributed by atoms with Crippen molar-refractivity contribution in [1.29, 1.82) is 0 Å². The molecule has 0 bridgehead atoms. The van der Waals surface area contributed by atoms with Crippen molar-refractivity contribution in [2.75, 3.05) is 32.8 Å². The first-order valence-electron chi connectivity index (χ1n) is 7.79. The van der Waals surface area contributed by atoms with Crippen molar-refractivity contribution >= 4 is 5.91 Å². The van der Waals surface area contributed by atoms with Crippen LogP contribution in [-0.2, 0) is 9.53 Å². The van der Waals surface area contributed by atoms with Gasteiger partial charge in [0.15, 0.2) is 0 Å². The predicted octanol–water partition coefficient (Wildman–Crippen LogP) is 1.95. The van der Waals surface area contributed by atoms with Crippen molar-refractivity contribution in [3.8, 4) is 0 Å². The molecule has 1 aliphatic heterocycles. The highest BCUT2D eigenvalue weighted by Crippen LogP contribution is 2.23. The van der Waals surface area contributed by atoms with E-state index in [-0.39, 0.29) is 5.91 Å². The average Bonchev–Trinajstić information content (AvgIpc) is 2.43. The van der Waals surface area contributed by atoms with Gasteiger partial charge in [-0.15, -0.1) is 0 Å². The molecule has 0 saturated carbocycles. The molecule has 2 N–H and O–H groups in total. The quantitative estimate of drug-likeness (QED) is 0.630. The molecule has 1 amide bonds.